The van der Waals surface area contributed by atoms with E-state index in [1.54, 1.807) is 18.0 Å². The summed E-state index contributed by atoms with van der Waals surface area (Å²) in [6.07, 6.45) is 2.23. The molecule has 1 aromatic heterocycles. The van der Waals surface area contributed by atoms with Crippen LogP contribution in [0.3, 0.4) is 0 Å². The molecule has 0 spiro atoms. The lowest BCUT2D eigenvalue weighted by Crippen LogP contribution is -2.38. The smallest absolute Gasteiger partial charge is 0.126 e. The topological polar surface area (TPSA) is 47.3 Å². The number of aromatic nitrogens is 2. The van der Waals surface area contributed by atoms with Crippen molar-refractivity contribution in [2.45, 2.75) is 51.9 Å². The summed E-state index contributed by atoms with van der Waals surface area (Å²) in [5, 5.41) is 15.2. The Bertz CT molecular complexity index is 353. The highest BCUT2D eigenvalue weighted by Gasteiger charge is 2.38. The second-order valence-electron chi connectivity index (χ2n) is 4.07. The van der Waals surface area contributed by atoms with E-state index in [-0.39, 0.29) is 0 Å². The number of methoxy groups -OCH3 is 1. The van der Waals surface area contributed by atoms with Crippen LogP contribution in [-0.4, -0.2) is 27.6 Å². The molecule has 1 aromatic rings. The molecule has 0 saturated heterocycles. The van der Waals surface area contributed by atoms with Gasteiger partial charge in [0.1, 0.15) is 6.10 Å². The molecule has 1 heterocycles. The number of aryl methyl sites for hydroxylation is 1. The van der Waals surface area contributed by atoms with Crippen molar-refractivity contribution in [1.82, 2.24) is 9.78 Å². The standard InChI is InChI=1S/C12H21ClN2O2/c1-5-12(6-2,17-4)11(16)10-9(13)8-14-15(10)7-3/h8,11,16H,5-7H2,1-4H3. The second-order valence-corrected chi connectivity index (χ2v) is 4.48. The Labute approximate surface area is 108 Å². The molecule has 4 nitrogen and oxygen atoms in total. The first kappa shape index (κ1) is 14.5. The molecule has 1 N–H and O–H groups in total. The Kier molecular flexibility index (Phi) is 4.98. The molecule has 98 valence electrons. The maximum absolute atomic E-state index is 10.5. The van der Waals surface area contributed by atoms with Crippen LogP contribution in [0.4, 0.5) is 0 Å². The van der Waals surface area contributed by atoms with Crippen molar-refractivity contribution < 1.29 is 9.84 Å². The molecule has 5 heteroatoms. The van der Waals surface area contributed by atoms with Crippen molar-refractivity contribution in [2.75, 3.05) is 7.11 Å². The lowest BCUT2D eigenvalue weighted by molar-refractivity contribution is -0.112. The summed E-state index contributed by atoms with van der Waals surface area (Å²) in [7, 11) is 1.62. The van der Waals surface area contributed by atoms with E-state index in [0.29, 0.717) is 30.1 Å². The summed E-state index contributed by atoms with van der Waals surface area (Å²) >= 11 is 6.10. The molecule has 0 aliphatic rings. The third-order valence-corrected chi connectivity index (χ3v) is 3.78. The number of hydrogen-bond acceptors (Lipinski definition) is 3. The number of ether oxygens (including phenoxy) is 1. The summed E-state index contributed by atoms with van der Waals surface area (Å²) in [4.78, 5) is 0. The summed E-state index contributed by atoms with van der Waals surface area (Å²) in [6, 6.07) is 0. The Morgan fingerprint density at radius 3 is 2.47 bits per heavy atom. The SMILES string of the molecule is CCn1ncc(Cl)c1C(O)C(CC)(CC)OC. The van der Waals surface area contributed by atoms with Crippen molar-refractivity contribution in [3.05, 3.63) is 16.9 Å². The fraction of sp³-hybridized carbons (Fsp3) is 0.750. The molecule has 0 radical (unpaired) electrons. The molecule has 1 unspecified atom stereocenters. The normalized spacial score (nSPS) is 14.0. The van der Waals surface area contributed by atoms with Crippen LogP contribution in [0, 0.1) is 0 Å². The zero-order valence-electron chi connectivity index (χ0n) is 10.9. The number of aliphatic hydroxyl groups is 1. The highest BCUT2D eigenvalue weighted by molar-refractivity contribution is 6.31. The number of aliphatic hydroxyl groups excluding tert-OH is 1. The van der Waals surface area contributed by atoms with Gasteiger partial charge in [-0.25, -0.2) is 0 Å². The van der Waals surface area contributed by atoms with E-state index in [2.05, 4.69) is 5.10 Å². The predicted molar refractivity (Wildman–Crippen MR) is 68.2 cm³/mol. The van der Waals surface area contributed by atoms with Gasteiger partial charge in [-0.1, -0.05) is 25.4 Å². The van der Waals surface area contributed by atoms with E-state index >= 15 is 0 Å². The number of rotatable bonds is 6. The van der Waals surface area contributed by atoms with Crippen molar-refractivity contribution in [3.8, 4) is 0 Å². The van der Waals surface area contributed by atoms with Gasteiger partial charge in [0.2, 0.25) is 0 Å². The van der Waals surface area contributed by atoms with E-state index in [1.807, 2.05) is 20.8 Å². The summed E-state index contributed by atoms with van der Waals surface area (Å²) < 4.78 is 7.24. The first-order valence-electron chi connectivity index (χ1n) is 6.00. The van der Waals surface area contributed by atoms with Crippen LogP contribution in [-0.2, 0) is 11.3 Å². The molecule has 1 atom stereocenters. The highest BCUT2D eigenvalue weighted by atomic mass is 35.5. The van der Waals surface area contributed by atoms with Gasteiger partial charge in [-0.05, 0) is 19.8 Å². The minimum atomic E-state index is -0.766. The Hall–Kier alpha value is -0.580. The first-order valence-corrected chi connectivity index (χ1v) is 6.38. The summed E-state index contributed by atoms with van der Waals surface area (Å²) in [5.41, 5.74) is 0.0380. The molecule has 1 rings (SSSR count). The van der Waals surface area contributed by atoms with Crippen LogP contribution in [0.1, 0.15) is 45.4 Å². The van der Waals surface area contributed by atoms with E-state index < -0.39 is 11.7 Å². The van der Waals surface area contributed by atoms with Gasteiger partial charge in [0, 0.05) is 13.7 Å². The predicted octanol–water partition coefficient (Wildman–Crippen LogP) is 2.80. The van der Waals surface area contributed by atoms with Gasteiger partial charge < -0.3 is 9.84 Å². The average molecular weight is 261 g/mol. The lowest BCUT2D eigenvalue weighted by atomic mass is 9.88. The fourth-order valence-electron chi connectivity index (χ4n) is 2.18. The van der Waals surface area contributed by atoms with Crippen LogP contribution in [0.15, 0.2) is 6.20 Å². The largest absolute Gasteiger partial charge is 0.384 e. The van der Waals surface area contributed by atoms with E-state index in [9.17, 15) is 5.11 Å². The summed E-state index contributed by atoms with van der Waals surface area (Å²) in [5.74, 6) is 0. The Balaban J connectivity index is 3.17. The lowest BCUT2D eigenvalue weighted by Gasteiger charge is -2.35. The minimum absolute atomic E-state index is 0.489. The Morgan fingerprint density at radius 1 is 1.47 bits per heavy atom. The molecule has 0 amide bonds. The molecular formula is C12H21ClN2O2. The van der Waals surface area contributed by atoms with Crippen LogP contribution >= 0.6 is 11.6 Å². The maximum atomic E-state index is 10.5. The van der Waals surface area contributed by atoms with Crippen LogP contribution < -0.4 is 0 Å². The van der Waals surface area contributed by atoms with E-state index in [1.165, 1.54) is 0 Å². The van der Waals surface area contributed by atoms with Crippen LogP contribution in [0.25, 0.3) is 0 Å². The van der Waals surface area contributed by atoms with E-state index in [4.69, 9.17) is 16.3 Å². The highest BCUT2D eigenvalue weighted by Crippen LogP contribution is 2.37. The van der Waals surface area contributed by atoms with Crippen LogP contribution in [0.2, 0.25) is 5.02 Å². The first-order chi connectivity index (χ1) is 8.06. The quantitative estimate of drug-likeness (QED) is 0.856. The molecule has 0 saturated carbocycles. The van der Waals surface area contributed by atoms with Gasteiger partial charge in [-0.15, -0.1) is 0 Å². The van der Waals surface area contributed by atoms with E-state index in [0.717, 1.165) is 0 Å². The number of halogens is 1. The third kappa shape index (κ3) is 2.49. The van der Waals surface area contributed by atoms with Crippen molar-refractivity contribution in [1.29, 1.82) is 0 Å². The maximum Gasteiger partial charge on any atom is 0.126 e. The van der Waals surface area contributed by atoms with Gasteiger partial charge in [-0.2, -0.15) is 5.10 Å². The number of nitrogens with zero attached hydrogens (tertiary/aromatic N) is 2. The molecule has 0 aliphatic heterocycles. The van der Waals surface area contributed by atoms with Crippen molar-refractivity contribution in [2.24, 2.45) is 0 Å². The van der Waals surface area contributed by atoms with Gasteiger partial charge in [0.05, 0.1) is 22.5 Å². The van der Waals surface area contributed by atoms with Crippen molar-refractivity contribution in [3.63, 3.8) is 0 Å². The van der Waals surface area contributed by atoms with Gasteiger partial charge in [0.25, 0.3) is 0 Å². The third-order valence-electron chi connectivity index (χ3n) is 3.49. The average Bonchev–Trinajstić information content (AvgIpc) is 2.73. The molecule has 0 fully saturated rings. The van der Waals surface area contributed by atoms with Gasteiger partial charge in [0.15, 0.2) is 0 Å². The molecule has 0 aliphatic carbocycles. The second kappa shape index (κ2) is 5.85. The van der Waals surface area contributed by atoms with Gasteiger partial charge in [-0.3, -0.25) is 4.68 Å². The monoisotopic (exact) mass is 260 g/mol. The zero-order valence-corrected chi connectivity index (χ0v) is 11.7. The Morgan fingerprint density at radius 2 is 2.06 bits per heavy atom. The number of hydrogen-bond donors (Lipinski definition) is 1. The molecule has 0 aromatic carbocycles. The van der Waals surface area contributed by atoms with Crippen molar-refractivity contribution >= 4 is 11.6 Å². The molecule has 17 heavy (non-hydrogen) atoms. The minimum Gasteiger partial charge on any atom is -0.384 e. The molecular weight excluding hydrogens is 240 g/mol. The molecule has 0 bridgehead atoms. The summed E-state index contributed by atoms with van der Waals surface area (Å²) in [6.45, 7) is 6.63. The fourth-order valence-corrected chi connectivity index (χ4v) is 2.43. The van der Waals surface area contributed by atoms with Gasteiger partial charge >= 0.3 is 0 Å². The van der Waals surface area contributed by atoms with Crippen LogP contribution in [0.5, 0.6) is 0 Å². The zero-order chi connectivity index (χ0) is 13.1.